The Morgan fingerprint density at radius 3 is 2.52 bits per heavy atom. The van der Waals surface area contributed by atoms with Crippen molar-refractivity contribution in [3.63, 3.8) is 0 Å². The van der Waals surface area contributed by atoms with Crippen LogP contribution in [0.15, 0.2) is 57.7 Å². The van der Waals surface area contributed by atoms with Crippen molar-refractivity contribution in [2.45, 2.75) is 19.8 Å². The quantitative estimate of drug-likeness (QED) is 0.499. The van der Waals surface area contributed by atoms with E-state index in [-0.39, 0.29) is 5.56 Å². The van der Waals surface area contributed by atoms with Gasteiger partial charge in [0.15, 0.2) is 0 Å². The van der Waals surface area contributed by atoms with Crippen molar-refractivity contribution in [1.29, 1.82) is 0 Å². The minimum absolute atomic E-state index is 0.0593. The van der Waals surface area contributed by atoms with Crippen LogP contribution in [-0.4, -0.2) is 19.6 Å². The SMILES string of the molecule is CCCCOc1ccc(NC(=O)c2cc3ccc(OC)cc3oc2=O)cc1. The molecule has 1 amide bonds. The molecule has 0 saturated carbocycles. The summed E-state index contributed by atoms with van der Waals surface area (Å²) in [6.07, 6.45) is 2.05. The van der Waals surface area contributed by atoms with Crippen LogP contribution in [-0.2, 0) is 0 Å². The largest absolute Gasteiger partial charge is 0.497 e. The number of methoxy groups -OCH3 is 1. The summed E-state index contributed by atoms with van der Waals surface area (Å²) < 4.78 is 15.9. The van der Waals surface area contributed by atoms with Crippen LogP contribution in [0.4, 0.5) is 5.69 Å². The van der Waals surface area contributed by atoms with E-state index in [1.165, 1.54) is 13.2 Å². The summed E-state index contributed by atoms with van der Waals surface area (Å²) in [5, 5.41) is 3.34. The van der Waals surface area contributed by atoms with Crippen molar-refractivity contribution in [2.24, 2.45) is 0 Å². The Bertz CT molecular complexity index is 992. The Morgan fingerprint density at radius 1 is 1.07 bits per heavy atom. The van der Waals surface area contributed by atoms with E-state index in [2.05, 4.69) is 12.2 Å². The summed E-state index contributed by atoms with van der Waals surface area (Å²) in [6.45, 7) is 2.76. The van der Waals surface area contributed by atoms with Gasteiger partial charge < -0.3 is 19.2 Å². The molecule has 0 radical (unpaired) electrons. The number of anilines is 1. The number of unbranched alkanes of at least 4 members (excludes halogenated alkanes) is 1. The van der Waals surface area contributed by atoms with Crippen molar-refractivity contribution in [3.05, 3.63) is 64.5 Å². The molecular weight excluding hydrogens is 346 g/mol. The average molecular weight is 367 g/mol. The van der Waals surface area contributed by atoms with Crippen molar-refractivity contribution >= 4 is 22.6 Å². The molecule has 1 aromatic heterocycles. The van der Waals surface area contributed by atoms with E-state index in [9.17, 15) is 9.59 Å². The Hall–Kier alpha value is -3.28. The van der Waals surface area contributed by atoms with Crippen LogP contribution in [0.5, 0.6) is 11.5 Å². The topological polar surface area (TPSA) is 77.8 Å². The standard InChI is InChI=1S/C21H21NO5/c1-3-4-11-26-16-9-6-15(7-10-16)22-20(23)18-12-14-5-8-17(25-2)13-19(14)27-21(18)24/h5-10,12-13H,3-4,11H2,1-2H3,(H,22,23). The first-order valence-electron chi connectivity index (χ1n) is 8.77. The normalized spacial score (nSPS) is 10.6. The van der Waals surface area contributed by atoms with Gasteiger partial charge in [0, 0.05) is 17.1 Å². The van der Waals surface area contributed by atoms with Gasteiger partial charge in [-0.2, -0.15) is 0 Å². The zero-order valence-corrected chi connectivity index (χ0v) is 15.3. The number of benzene rings is 2. The highest BCUT2D eigenvalue weighted by atomic mass is 16.5. The van der Waals surface area contributed by atoms with Crippen LogP contribution in [0, 0.1) is 0 Å². The fourth-order valence-corrected chi connectivity index (χ4v) is 2.54. The third-order valence-corrected chi connectivity index (χ3v) is 4.07. The molecule has 0 spiro atoms. The molecule has 1 heterocycles. The highest BCUT2D eigenvalue weighted by molar-refractivity contribution is 6.05. The second-order valence-corrected chi connectivity index (χ2v) is 6.03. The summed E-state index contributed by atoms with van der Waals surface area (Å²) in [6, 6.07) is 13.6. The molecule has 0 saturated heterocycles. The molecule has 0 aliphatic carbocycles. The number of hydrogen-bond acceptors (Lipinski definition) is 5. The highest BCUT2D eigenvalue weighted by Gasteiger charge is 2.14. The number of ether oxygens (including phenoxy) is 2. The van der Waals surface area contributed by atoms with Crippen molar-refractivity contribution in [3.8, 4) is 11.5 Å². The molecule has 3 rings (SSSR count). The minimum atomic E-state index is -0.701. The molecule has 2 aromatic carbocycles. The molecule has 27 heavy (non-hydrogen) atoms. The lowest BCUT2D eigenvalue weighted by molar-refractivity contribution is 0.102. The first kappa shape index (κ1) is 18.5. The van der Waals surface area contributed by atoms with E-state index in [4.69, 9.17) is 13.9 Å². The molecule has 0 bridgehead atoms. The number of rotatable bonds is 7. The molecular formula is C21H21NO5. The summed E-state index contributed by atoms with van der Waals surface area (Å²) in [4.78, 5) is 24.6. The maximum atomic E-state index is 12.5. The molecule has 0 aliphatic heterocycles. The van der Waals surface area contributed by atoms with Gasteiger partial charge in [-0.25, -0.2) is 4.79 Å². The lowest BCUT2D eigenvalue weighted by Gasteiger charge is -2.08. The van der Waals surface area contributed by atoms with Gasteiger partial charge in [-0.3, -0.25) is 4.79 Å². The molecule has 0 aliphatic rings. The van der Waals surface area contributed by atoms with Crippen LogP contribution in [0.3, 0.4) is 0 Å². The Balaban J connectivity index is 1.75. The van der Waals surface area contributed by atoms with Gasteiger partial charge in [0.1, 0.15) is 22.6 Å². The summed E-state index contributed by atoms with van der Waals surface area (Å²) in [5.74, 6) is 0.783. The van der Waals surface area contributed by atoms with Crippen LogP contribution >= 0.6 is 0 Å². The van der Waals surface area contributed by atoms with E-state index in [1.807, 2.05) is 0 Å². The first-order valence-corrected chi connectivity index (χ1v) is 8.77. The van der Waals surface area contributed by atoms with E-state index >= 15 is 0 Å². The molecule has 0 fully saturated rings. The van der Waals surface area contributed by atoms with Crippen LogP contribution in [0.1, 0.15) is 30.1 Å². The maximum Gasteiger partial charge on any atom is 0.349 e. The number of carbonyl (C=O) groups is 1. The number of nitrogens with one attached hydrogen (secondary N) is 1. The maximum absolute atomic E-state index is 12.5. The number of carbonyl (C=O) groups excluding carboxylic acids is 1. The zero-order chi connectivity index (χ0) is 19.2. The zero-order valence-electron chi connectivity index (χ0n) is 15.3. The van der Waals surface area contributed by atoms with Crippen molar-refractivity contribution < 1.29 is 18.7 Å². The van der Waals surface area contributed by atoms with E-state index in [1.54, 1.807) is 42.5 Å². The smallest absolute Gasteiger partial charge is 0.349 e. The number of hydrogen-bond donors (Lipinski definition) is 1. The number of amides is 1. The predicted octanol–water partition coefficient (Wildman–Crippen LogP) is 4.23. The molecule has 140 valence electrons. The fraction of sp³-hybridized carbons (Fsp3) is 0.238. The van der Waals surface area contributed by atoms with E-state index in [0.29, 0.717) is 29.0 Å². The second kappa shape index (κ2) is 8.40. The lowest BCUT2D eigenvalue weighted by atomic mass is 10.1. The van der Waals surface area contributed by atoms with Crippen LogP contribution < -0.4 is 20.4 Å². The van der Waals surface area contributed by atoms with Crippen molar-refractivity contribution in [1.82, 2.24) is 0 Å². The van der Waals surface area contributed by atoms with Gasteiger partial charge in [0.25, 0.3) is 5.91 Å². The molecule has 1 N–H and O–H groups in total. The van der Waals surface area contributed by atoms with Gasteiger partial charge in [0.05, 0.1) is 13.7 Å². The molecule has 6 nitrogen and oxygen atoms in total. The molecule has 6 heteroatoms. The average Bonchev–Trinajstić information content (AvgIpc) is 2.68. The molecule has 3 aromatic rings. The fourth-order valence-electron chi connectivity index (χ4n) is 2.54. The van der Waals surface area contributed by atoms with E-state index < -0.39 is 11.5 Å². The van der Waals surface area contributed by atoms with Gasteiger partial charge in [-0.1, -0.05) is 13.3 Å². The number of fused-ring (bicyclic) bond motifs is 1. The highest BCUT2D eigenvalue weighted by Crippen LogP contribution is 2.21. The predicted molar refractivity (Wildman–Crippen MR) is 104 cm³/mol. The van der Waals surface area contributed by atoms with Crippen LogP contribution in [0.2, 0.25) is 0 Å². The lowest BCUT2D eigenvalue weighted by Crippen LogP contribution is -2.20. The van der Waals surface area contributed by atoms with E-state index in [0.717, 1.165) is 18.6 Å². The third-order valence-electron chi connectivity index (χ3n) is 4.07. The monoisotopic (exact) mass is 367 g/mol. The first-order chi connectivity index (χ1) is 13.1. The second-order valence-electron chi connectivity index (χ2n) is 6.03. The van der Waals surface area contributed by atoms with Crippen molar-refractivity contribution in [2.75, 3.05) is 19.0 Å². The van der Waals surface area contributed by atoms with Gasteiger partial charge >= 0.3 is 5.63 Å². The third kappa shape index (κ3) is 4.47. The van der Waals surface area contributed by atoms with Gasteiger partial charge in [0.2, 0.25) is 0 Å². The minimum Gasteiger partial charge on any atom is -0.497 e. The van der Waals surface area contributed by atoms with Crippen LogP contribution in [0.25, 0.3) is 11.0 Å². The Kier molecular flexibility index (Phi) is 5.76. The van der Waals surface area contributed by atoms with Gasteiger partial charge in [-0.15, -0.1) is 0 Å². The van der Waals surface area contributed by atoms with Gasteiger partial charge in [-0.05, 0) is 48.9 Å². The molecule has 0 atom stereocenters. The Morgan fingerprint density at radius 2 is 1.81 bits per heavy atom. The summed E-state index contributed by atoms with van der Waals surface area (Å²) in [5.41, 5.74) is 0.172. The molecule has 0 unspecified atom stereocenters. The summed E-state index contributed by atoms with van der Waals surface area (Å²) in [7, 11) is 1.53. The Labute approximate surface area is 156 Å². The summed E-state index contributed by atoms with van der Waals surface area (Å²) >= 11 is 0.